The summed E-state index contributed by atoms with van der Waals surface area (Å²) in [6.45, 7) is 4.05. The average Bonchev–Trinajstić information content (AvgIpc) is 2.57. The summed E-state index contributed by atoms with van der Waals surface area (Å²) in [7, 11) is 0. The zero-order valence-electron chi connectivity index (χ0n) is 14.4. The topological polar surface area (TPSA) is 66.8 Å². The number of nitrogens with zero attached hydrogens (tertiary/aromatic N) is 1. The summed E-state index contributed by atoms with van der Waals surface area (Å²) in [5, 5.41) is 9.51. The molecule has 1 N–H and O–H groups in total. The molecule has 0 spiro atoms. The van der Waals surface area contributed by atoms with Gasteiger partial charge in [0.15, 0.2) is 6.61 Å². The van der Waals surface area contributed by atoms with Crippen molar-refractivity contribution in [1.82, 2.24) is 4.90 Å². The van der Waals surface area contributed by atoms with E-state index in [2.05, 4.69) is 0 Å². The molecule has 0 fully saturated rings. The van der Waals surface area contributed by atoms with Crippen LogP contribution in [0.15, 0.2) is 42.5 Å². The van der Waals surface area contributed by atoms with Crippen molar-refractivity contribution in [2.45, 2.75) is 32.9 Å². The highest BCUT2D eigenvalue weighted by Gasteiger charge is 2.34. The number of aliphatic carboxylic acids is 1. The lowest BCUT2D eigenvalue weighted by molar-refractivity contribution is -0.152. The molecule has 1 aliphatic rings. The Balaban J connectivity index is 1.74. The molecule has 5 heteroatoms. The Morgan fingerprint density at radius 2 is 1.76 bits per heavy atom. The van der Waals surface area contributed by atoms with Gasteiger partial charge in [-0.1, -0.05) is 30.3 Å². The second-order valence-corrected chi connectivity index (χ2v) is 6.46. The third-order valence-corrected chi connectivity index (χ3v) is 4.41. The van der Waals surface area contributed by atoms with Crippen molar-refractivity contribution >= 4 is 11.9 Å². The summed E-state index contributed by atoms with van der Waals surface area (Å²) in [5.41, 5.74) is 4.07. The first-order chi connectivity index (χ1) is 11.9. The van der Waals surface area contributed by atoms with Crippen molar-refractivity contribution in [2.75, 3.05) is 6.61 Å². The number of hydrogen-bond donors (Lipinski definition) is 1. The second-order valence-electron chi connectivity index (χ2n) is 6.46. The average molecular weight is 339 g/mol. The Hall–Kier alpha value is -2.82. The number of rotatable bonds is 4. The van der Waals surface area contributed by atoms with Gasteiger partial charge in [0.05, 0.1) is 0 Å². The second kappa shape index (κ2) is 6.97. The first kappa shape index (κ1) is 17.0. The fourth-order valence-electron chi connectivity index (χ4n) is 3.25. The quantitative estimate of drug-likeness (QED) is 0.930. The van der Waals surface area contributed by atoms with Crippen molar-refractivity contribution in [1.29, 1.82) is 0 Å². The molecular formula is C20H21NO4. The van der Waals surface area contributed by atoms with Crippen LogP contribution in [0, 0.1) is 13.8 Å². The van der Waals surface area contributed by atoms with Gasteiger partial charge in [0.2, 0.25) is 0 Å². The number of benzene rings is 2. The Labute approximate surface area is 146 Å². The molecular weight excluding hydrogens is 318 g/mol. The Kier molecular flexibility index (Phi) is 4.74. The van der Waals surface area contributed by atoms with E-state index in [0.29, 0.717) is 18.7 Å². The summed E-state index contributed by atoms with van der Waals surface area (Å²) < 4.78 is 5.61. The zero-order chi connectivity index (χ0) is 18.0. The molecule has 0 unspecified atom stereocenters. The summed E-state index contributed by atoms with van der Waals surface area (Å²) in [6.07, 6.45) is 0.320. The molecule has 0 saturated heterocycles. The molecule has 25 heavy (non-hydrogen) atoms. The lowest BCUT2D eigenvalue weighted by Crippen LogP contribution is -2.50. The lowest BCUT2D eigenvalue weighted by atomic mass is 9.94. The van der Waals surface area contributed by atoms with Gasteiger partial charge >= 0.3 is 5.97 Å². The maximum absolute atomic E-state index is 12.6. The molecule has 0 radical (unpaired) electrons. The Morgan fingerprint density at radius 1 is 1.12 bits per heavy atom. The first-order valence-electron chi connectivity index (χ1n) is 8.24. The van der Waals surface area contributed by atoms with E-state index >= 15 is 0 Å². The van der Waals surface area contributed by atoms with Crippen molar-refractivity contribution in [2.24, 2.45) is 0 Å². The van der Waals surface area contributed by atoms with E-state index in [0.717, 1.165) is 22.3 Å². The maximum atomic E-state index is 12.6. The van der Waals surface area contributed by atoms with Crippen molar-refractivity contribution in [3.8, 4) is 5.75 Å². The van der Waals surface area contributed by atoms with Gasteiger partial charge in [0, 0.05) is 13.0 Å². The number of amides is 1. The van der Waals surface area contributed by atoms with Crippen LogP contribution < -0.4 is 4.74 Å². The van der Waals surface area contributed by atoms with Gasteiger partial charge in [-0.25, -0.2) is 4.79 Å². The van der Waals surface area contributed by atoms with Crippen LogP contribution in [0.25, 0.3) is 0 Å². The fraction of sp³-hybridized carbons (Fsp3) is 0.300. The summed E-state index contributed by atoms with van der Waals surface area (Å²) >= 11 is 0. The Bertz CT molecular complexity index is 795. The summed E-state index contributed by atoms with van der Waals surface area (Å²) in [6, 6.07) is 12.5. The van der Waals surface area contributed by atoms with Crippen LogP contribution in [0.3, 0.4) is 0 Å². The van der Waals surface area contributed by atoms with E-state index < -0.39 is 12.0 Å². The van der Waals surface area contributed by atoms with Crippen molar-refractivity contribution < 1.29 is 19.4 Å². The molecule has 1 aliphatic heterocycles. The molecule has 1 amide bonds. The number of ether oxygens (including phenoxy) is 1. The molecule has 0 aliphatic carbocycles. The number of carbonyl (C=O) groups excluding carboxylic acids is 1. The van der Waals surface area contributed by atoms with Gasteiger partial charge in [0.25, 0.3) is 5.91 Å². The van der Waals surface area contributed by atoms with Crippen molar-refractivity contribution in [3.05, 3.63) is 64.7 Å². The third kappa shape index (κ3) is 3.82. The largest absolute Gasteiger partial charge is 0.484 e. The van der Waals surface area contributed by atoms with E-state index in [4.69, 9.17) is 4.74 Å². The number of carbonyl (C=O) groups is 2. The lowest BCUT2D eigenvalue weighted by Gasteiger charge is -2.34. The minimum Gasteiger partial charge on any atom is -0.484 e. The van der Waals surface area contributed by atoms with Crippen LogP contribution in [-0.2, 0) is 22.6 Å². The number of carboxylic acid groups (broad SMARTS) is 1. The van der Waals surface area contributed by atoms with Crippen LogP contribution in [0.1, 0.15) is 22.3 Å². The predicted molar refractivity (Wildman–Crippen MR) is 93.5 cm³/mol. The third-order valence-electron chi connectivity index (χ3n) is 4.41. The molecule has 5 nitrogen and oxygen atoms in total. The van der Waals surface area contributed by atoms with Crippen molar-refractivity contribution in [3.63, 3.8) is 0 Å². The van der Waals surface area contributed by atoms with Crippen LogP contribution >= 0.6 is 0 Å². The molecule has 2 aromatic carbocycles. The smallest absolute Gasteiger partial charge is 0.326 e. The number of hydrogen-bond acceptors (Lipinski definition) is 3. The first-order valence-corrected chi connectivity index (χ1v) is 8.24. The van der Waals surface area contributed by atoms with E-state index in [1.54, 1.807) is 0 Å². The van der Waals surface area contributed by atoms with Gasteiger partial charge in [-0.2, -0.15) is 0 Å². The van der Waals surface area contributed by atoms with Gasteiger partial charge in [0.1, 0.15) is 11.8 Å². The number of carboxylic acids is 1. The van der Waals surface area contributed by atoms with Gasteiger partial charge in [-0.3, -0.25) is 4.79 Å². The normalized spacial score (nSPS) is 16.2. The number of fused-ring (bicyclic) bond motifs is 1. The van der Waals surface area contributed by atoms with Crippen LogP contribution in [0.2, 0.25) is 0 Å². The molecule has 1 heterocycles. The van der Waals surface area contributed by atoms with E-state index in [1.807, 2.05) is 56.3 Å². The molecule has 0 aromatic heterocycles. The summed E-state index contributed by atoms with van der Waals surface area (Å²) in [4.78, 5) is 25.6. The molecule has 2 aromatic rings. The van der Waals surface area contributed by atoms with E-state index in [1.165, 1.54) is 4.90 Å². The van der Waals surface area contributed by atoms with E-state index in [9.17, 15) is 14.7 Å². The highest BCUT2D eigenvalue weighted by molar-refractivity contribution is 5.85. The molecule has 0 bridgehead atoms. The van der Waals surface area contributed by atoms with Crippen LogP contribution in [-0.4, -0.2) is 34.5 Å². The number of aryl methyl sites for hydroxylation is 2. The zero-order valence-corrected chi connectivity index (χ0v) is 14.4. The maximum Gasteiger partial charge on any atom is 0.326 e. The van der Waals surface area contributed by atoms with Gasteiger partial charge in [-0.05, 0) is 48.2 Å². The molecule has 130 valence electrons. The molecule has 1 atom stereocenters. The van der Waals surface area contributed by atoms with Gasteiger partial charge < -0.3 is 14.7 Å². The fourth-order valence-corrected chi connectivity index (χ4v) is 3.25. The summed E-state index contributed by atoms with van der Waals surface area (Å²) in [5.74, 6) is -0.689. The predicted octanol–water partition coefficient (Wildman–Crippen LogP) is 2.72. The van der Waals surface area contributed by atoms with Crippen LogP contribution in [0.4, 0.5) is 0 Å². The highest BCUT2D eigenvalue weighted by atomic mass is 16.5. The minimum absolute atomic E-state index is 0.172. The Morgan fingerprint density at radius 3 is 2.40 bits per heavy atom. The SMILES string of the molecule is Cc1cc(C)cc(OCC(=O)N2Cc3ccccc3C[C@@H]2C(=O)O)c1. The standard InChI is InChI=1S/C20H21NO4/c1-13-7-14(2)9-17(8-13)25-12-19(22)21-11-16-6-4-3-5-15(16)10-18(21)20(23)24/h3-9,18H,10-12H2,1-2H3,(H,23,24)/t18-/m1/s1. The highest BCUT2D eigenvalue weighted by Crippen LogP contribution is 2.24. The monoisotopic (exact) mass is 339 g/mol. The molecule has 3 rings (SSSR count). The van der Waals surface area contributed by atoms with E-state index in [-0.39, 0.29) is 12.5 Å². The van der Waals surface area contributed by atoms with Crippen LogP contribution in [0.5, 0.6) is 5.75 Å². The van der Waals surface area contributed by atoms with Gasteiger partial charge in [-0.15, -0.1) is 0 Å². The minimum atomic E-state index is -0.991. The molecule has 0 saturated carbocycles.